The van der Waals surface area contributed by atoms with Gasteiger partial charge in [0.05, 0.1) is 0 Å². The molecule has 0 saturated heterocycles. The lowest BCUT2D eigenvalue weighted by Gasteiger charge is -2.09. The van der Waals surface area contributed by atoms with E-state index in [1.807, 2.05) is 48.5 Å². The first-order valence-corrected chi connectivity index (χ1v) is 7.31. The lowest BCUT2D eigenvalue weighted by atomic mass is 10.0. The molecule has 3 heteroatoms. The molecule has 98 valence electrons. The molecule has 0 unspecified atom stereocenters. The molecule has 1 amide bonds. The van der Waals surface area contributed by atoms with Gasteiger partial charge in [0.15, 0.2) is 0 Å². The second-order valence-corrected chi connectivity index (χ2v) is 5.99. The number of carbonyl (C=O) groups is 1. The Kier molecular flexibility index (Phi) is 4.58. The van der Waals surface area contributed by atoms with E-state index in [2.05, 4.69) is 41.8 Å². The third-order valence-electron chi connectivity index (χ3n) is 2.92. The molecule has 0 bridgehead atoms. The summed E-state index contributed by atoms with van der Waals surface area (Å²) in [7, 11) is 0. The van der Waals surface area contributed by atoms with Crippen LogP contribution in [-0.4, -0.2) is 5.91 Å². The van der Waals surface area contributed by atoms with Gasteiger partial charge in [-0.25, -0.2) is 0 Å². The Balaban J connectivity index is 2.15. The predicted molar refractivity (Wildman–Crippen MR) is 87.6 cm³/mol. The first-order valence-electron chi connectivity index (χ1n) is 6.23. The fraction of sp³-hybridized carbons (Fsp3) is 0.188. The number of hydrogen-bond acceptors (Lipinski definition) is 1. The lowest BCUT2D eigenvalue weighted by molar-refractivity contribution is 0.102. The van der Waals surface area contributed by atoms with Crippen LogP contribution in [0.15, 0.2) is 48.5 Å². The number of rotatable bonds is 3. The number of nitrogens with one attached hydrogen (secondary N) is 1. The zero-order valence-electron chi connectivity index (χ0n) is 11.0. The van der Waals surface area contributed by atoms with Crippen LogP contribution >= 0.6 is 22.6 Å². The molecule has 2 nitrogen and oxygen atoms in total. The highest BCUT2D eigenvalue weighted by Crippen LogP contribution is 2.17. The third-order valence-corrected chi connectivity index (χ3v) is 3.64. The Bertz CT molecular complexity index is 576. The largest absolute Gasteiger partial charge is 0.322 e. The van der Waals surface area contributed by atoms with Crippen LogP contribution in [-0.2, 0) is 0 Å². The number of benzene rings is 2. The van der Waals surface area contributed by atoms with Crippen molar-refractivity contribution in [3.63, 3.8) is 0 Å². The van der Waals surface area contributed by atoms with Gasteiger partial charge in [0.25, 0.3) is 5.91 Å². The van der Waals surface area contributed by atoms with E-state index in [-0.39, 0.29) is 5.91 Å². The molecule has 0 atom stereocenters. The van der Waals surface area contributed by atoms with E-state index < -0.39 is 0 Å². The van der Waals surface area contributed by atoms with Crippen LogP contribution in [0.1, 0.15) is 35.7 Å². The molecule has 0 aliphatic rings. The second-order valence-electron chi connectivity index (χ2n) is 4.74. The van der Waals surface area contributed by atoms with Crippen LogP contribution in [0, 0.1) is 3.57 Å². The van der Waals surface area contributed by atoms with Crippen LogP contribution in [0.2, 0.25) is 0 Å². The molecule has 0 saturated carbocycles. The molecule has 0 aromatic heterocycles. The van der Waals surface area contributed by atoms with Gasteiger partial charge in [-0.1, -0.05) is 26.0 Å². The Morgan fingerprint density at radius 2 is 1.79 bits per heavy atom. The zero-order chi connectivity index (χ0) is 13.8. The first kappa shape index (κ1) is 14.1. The van der Waals surface area contributed by atoms with Gasteiger partial charge < -0.3 is 5.32 Å². The SMILES string of the molecule is CC(C)c1cccc(C(=O)Nc2ccc(I)cc2)c1. The fourth-order valence-corrected chi connectivity index (χ4v) is 2.14. The monoisotopic (exact) mass is 365 g/mol. The van der Waals surface area contributed by atoms with Crippen LogP contribution in [0.25, 0.3) is 0 Å². The molecule has 2 rings (SSSR count). The maximum atomic E-state index is 12.2. The molecule has 0 fully saturated rings. The van der Waals surface area contributed by atoms with Crippen LogP contribution in [0.4, 0.5) is 5.69 Å². The predicted octanol–water partition coefficient (Wildman–Crippen LogP) is 4.67. The van der Waals surface area contributed by atoms with Crippen molar-refractivity contribution in [2.75, 3.05) is 5.32 Å². The minimum absolute atomic E-state index is 0.0660. The highest BCUT2D eigenvalue weighted by atomic mass is 127. The summed E-state index contributed by atoms with van der Waals surface area (Å²) in [5.41, 5.74) is 2.69. The van der Waals surface area contributed by atoms with Crippen LogP contribution in [0.3, 0.4) is 0 Å². The van der Waals surface area contributed by atoms with Gasteiger partial charge in [-0.2, -0.15) is 0 Å². The zero-order valence-corrected chi connectivity index (χ0v) is 13.1. The van der Waals surface area contributed by atoms with E-state index in [4.69, 9.17) is 0 Å². The average Bonchev–Trinajstić information content (AvgIpc) is 2.41. The molecular formula is C16H16INO. The third kappa shape index (κ3) is 3.80. The number of anilines is 1. The van der Waals surface area contributed by atoms with Crippen molar-refractivity contribution >= 4 is 34.2 Å². The van der Waals surface area contributed by atoms with Crippen molar-refractivity contribution in [1.82, 2.24) is 0 Å². The Morgan fingerprint density at radius 3 is 2.42 bits per heavy atom. The number of hydrogen-bond donors (Lipinski definition) is 1. The summed E-state index contributed by atoms with van der Waals surface area (Å²) in [6.07, 6.45) is 0. The average molecular weight is 365 g/mol. The molecule has 0 radical (unpaired) electrons. The molecule has 19 heavy (non-hydrogen) atoms. The molecule has 0 spiro atoms. The second kappa shape index (κ2) is 6.19. The molecule has 0 heterocycles. The van der Waals surface area contributed by atoms with Gasteiger partial charge in [0, 0.05) is 14.8 Å². The van der Waals surface area contributed by atoms with Crippen molar-refractivity contribution in [3.8, 4) is 0 Å². The quantitative estimate of drug-likeness (QED) is 0.788. The van der Waals surface area contributed by atoms with E-state index in [1.54, 1.807) is 0 Å². The van der Waals surface area contributed by atoms with Crippen molar-refractivity contribution < 1.29 is 4.79 Å². The minimum atomic E-state index is -0.0660. The lowest BCUT2D eigenvalue weighted by Crippen LogP contribution is -2.12. The highest BCUT2D eigenvalue weighted by Gasteiger charge is 2.08. The highest BCUT2D eigenvalue weighted by molar-refractivity contribution is 14.1. The van der Waals surface area contributed by atoms with E-state index in [9.17, 15) is 4.79 Å². The summed E-state index contributed by atoms with van der Waals surface area (Å²) < 4.78 is 1.15. The summed E-state index contributed by atoms with van der Waals surface area (Å²) >= 11 is 2.24. The minimum Gasteiger partial charge on any atom is -0.322 e. The van der Waals surface area contributed by atoms with E-state index in [1.165, 1.54) is 5.56 Å². The summed E-state index contributed by atoms with van der Waals surface area (Å²) in [4.78, 5) is 12.2. The van der Waals surface area contributed by atoms with Gasteiger partial charge >= 0.3 is 0 Å². The molecule has 2 aromatic rings. The van der Waals surface area contributed by atoms with Crippen molar-refractivity contribution in [3.05, 3.63) is 63.2 Å². The fourth-order valence-electron chi connectivity index (χ4n) is 1.78. The van der Waals surface area contributed by atoms with Crippen molar-refractivity contribution in [2.45, 2.75) is 19.8 Å². The van der Waals surface area contributed by atoms with Crippen LogP contribution in [0.5, 0.6) is 0 Å². The standard InChI is InChI=1S/C16H16INO/c1-11(2)12-4-3-5-13(10-12)16(19)18-15-8-6-14(17)7-9-15/h3-11H,1-2H3,(H,18,19). The van der Waals surface area contributed by atoms with Gasteiger partial charge in [-0.3, -0.25) is 4.79 Å². The maximum absolute atomic E-state index is 12.2. The smallest absolute Gasteiger partial charge is 0.255 e. The Morgan fingerprint density at radius 1 is 1.11 bits per heavy atom. The normalized spacial score (nSPS) is 10.5. The van der Waals surface area contributed by atoms with Crippen LogP contribution < -0.4 is 5.32 Å². The molecule has 0 aliphatic carbocycles. The molecular weight excluding hydrogens is 349 g/mol. The maximum Gasteiger partial charge on any atom is 0.255 e. The number of halogens is 1. The Hall–Kier alpha value is -1.36. The van der Waals surface area contributed by atoms with E-state index in [0.717, 1.165) is 9.26 Å². The van der Waals surface area contributed by atoms with E-state index >= 15 is 0 Å². The Labute approximate surface area is 127 Å². The van der Waals surface area contributed by atoms with E-state index in [0.29, 0.717) is 11.5 Å². The van der Waals surface area contributed by atoms with Gasteiger partial charge in [-0.15, -0.1) is 0 Å². The number of amides is 1. The molecule has 0 aliphatic heterocycles. The summed E-state index contributed by atoms with van der Waals surface area (Å²) in [6, 6.07) is 15.5. The number of carbonyl (C=O) groups excluding carboxylic acids is 1. The van der Waals surface area contributed by atoms with Gasteiger partial charge in [0.1, 0.15) is 0 Å². The first-order chi connectivity index (χ1) is 9.06. The summed E-state index contributed by atoms with van der Waals surface area (Å²) in [5.74, 6) is 0.356. The molecule has 2 aromatic carbocycles. The van der Waals surface area contributed by atoms with Gasteiger partial charge in [0.2, 0.25) is 0 Å². The summed E-state index contributed by atoms with van der Waals surface area (Å²) in [6.45, 7) is 4.24. The molecule has 1 N–H and O–H groups in total. The van der Waals surface area contributed by atoms with Crippen molar-refractivity contribution in [2.24, 2.45) is 0 Å². The summed E-state index contributed by atoms with van der Waals surface area (Å²) in [5, 5.41) is 2.91. The topological polar surface area (TPSA) is 29.1 Å². The van der Waals surface area contributed by atoms with Gasteiger partial charge in [-0.05, 0) is 70.5 Å². The van der Waals surface area contributed by atoms with Crippen molar-refractivity contribution in [1.29, 1.82) is 0 Å².